The molecule has 6 nitrogen and oxygen atoms in total. The van der Waals surface area contributed by atoms with E-state index >= 15 is 0 Å². The van der Waals surface area contributed by atoms with Gasteiger partial charge in [0.2, 0.25) is 0 Å². The summed E-state index contributed by atoms with van der Waals surface area (Å²) < 4.78 is 13.2. The Labute approximate surface area is 96.1 Å². The standard InChI is InChI=1S/C10H11FN2O4/c11-7-5-12-3-1-6(7)9(15)13-8(2-4-14)10(16)17/h1,3,5,8,14H,2,4H2,(H,13,15)(H,16,17)/t8-/m1/s1. The minimum absolute atomic E-state index is 0.145. The number of carboxylic acid groups (broad SMARTS) is 1. The quantitative estimate of drug-likeness (QED) is 0.663. The van der Waals surface area contributed by atoms with Crippen molar-refractivity contribution in [3.05, 3.63) is 29.8 Å². The summed E-state index contributed by atoms with van der Waals surface area (Å²) in [5.74, 6) is -2.98. The fourth-order valence-corrected chi connectivity index (χ4v) is 1.18. The van der Waals surface area contributed by atoms with Crippen LogP contribution in [-0.4, -0.2) is 39.7 Å². The van der Waals surface area contributed by atoms with E-state index in [4.69, 9.17) is 10.2 Å². The van der Waals surface area contributed by atoms with Crippen LogP contribution >= 0.6 is 0 Å². The second-order valence-corrected chi connectivity index (χ2v) is 3.23. The predicted octanol–water partition coefficient (Wildman–Crippen LogP) is -0.214. The Morgan fingerprint density at radius 2 is 2.24 bits per heavy atom. The van der Waals surface area contributed by atoms with Crippen molar-refractivity contribution in [1.82, 2.24) is 10.3 Å². The van der Waals surface area contributed by atoms with Crippen molar-refractivity contribution in [1.29, 1.82) is 0 Å². The number of nitrogens with one attached hydrogen (secondary N) is 1. The van der Waals surface area contributed by atoms with Crippen LogP contribution in [0.2, 0.25) is 0 Å². The van der Waals surface area contributed by atoms with Crippen molar-refractivity contribution < 1.29 is 24.2 Å². The Morgan fingerprint density at radius 1 is 1.53 bits per heavy atom. The Kier molecular flexibility index (Phi) is 4.53. The molecule has 0 fully saturated rings. The molecule has 0 aromatic carbocycles. The molecule has 1 rings (SSSR count). The third-order valence-corrected chi connectivity index (χ3v) is 2.04. The Hall–Kier alpha value is -2.02. The topological polar surface area (TPSA) is 99.5 Å². The van der Waals surface area contributed by atoms with Gasteiger partial charge in [0.15, 0.2) is 5.82 Å². The highest BCUT2D eigenvalue weighted by Gasteiger charge is 2.21. The van der Waals surface area contributed by atoms with Gasteiger partial charge in [-0.1, -0.05) is 0 Å². The number of aliphatic hydroxyl groups excluding tert-OH is 1. The molecule has 0 radical (unpaired) electrons. The van der Waals surface area contributed by atoms with E-state index < -0.39 is 30.3 Å². The average molecular weight is 242 g/mol. The summed E-state index contributed by atoms with van der Waals surface area (Å²) in [6.45, 7) is -0.393. The van der Waals surface area contributed by atoms with E-state index in [1.54, 1.807) is 0 Å². The van der Waals surface area contributed by atoms with Gasteiger partial charge < -0.3 is 15.5 Å². The van der Waals surface area contributed by atoms with E-state index in [0.717, 1.165) is 12.3 Å². The fourth-order valence-electron chi connectivity index (χ4n) is 1.18. The van der Waals surface area contributed by atoms with Gasteiger partial charge in [0.1, 0.15) is 6.04 Å². The summed E-state index contributed by atoms with van der Waals surface area (Å²) >= 11 is 0. The van der Waals surface area contributed by atoms with Crippen molar-refractivity contribution in [2.75, 3.05) is 6.61 Å². The van der Waals surface area contributed by atoms with Crippen LogP contribution < -0.4 is 5.32 Å². The monoisotopic (exact) mass is 242 g/mol. The van der Waals surface area contributed by atoms with E-state index in [9.17, 15) is 14.0 Å². The number of rotatable bonds is 5. The molecule has 3 N–H and O–H groups in total. The van der Waals surface area contributed by atoms with Crippen molar-refractivity contribution in [3.8, 4) is 0 Å². The molecule has 0 bridgehead atoms. The Morgan fingerprint density at radius 3 is 2.76 bits per heavy atom. The summed E-state index contributed by atoms with van der Waals surface area (Å²) in [7, 11) is 0. The van der Waals surface area contributed by atoms with Gasteiger partial charge in [-0.25, -0.2) is 9.18 Å². The number of carboxylic acids is 1. The highest BCUT2D eigenvalue weighted by atomic mass is 19.1. The number of hydrogen-bond donors (Lipinski definition) is 3. The first kappa shape index (κ1) is 13.0. The lowest BCUT2D eigenvalue weighted by atomic mass is 10.2. The van der Waals surface area contributed by atoms with Gasteiger partial charge in [-0.3, -0.25) is 9.78 Å². The maximum atomic E-state index is 13.2. The zero-order valence-electron chi connectivity index (χ0n) is 8.76. The van der Waals surface area contributed by atoms with Crippen LogP contribution in [0.15, 0.2) is 18.5 Å². The van der Waals surface area contributed by atoms with Crippen LogP contribution in [0.3, 0.4) is 0 Å². The van der Waals surface area contributed by atoms with Gasteiger partial charge in [-0.15, -0.1) is 0 Å². The summed E-state index contributed by atoms with van der Waals surface area (Å²) in [5.41, 5.74) is -0.288. The molecule has 1 aromatic heterocycles. The van der Waals surface area contributed by atoms with Gasteiger partial charge in [0.25, 0.3) is 5.91 Å². The Balaban J connectivity index is 2.77. The molecule has 0 aliphatic carbocycles. The molecule has 0 spiro atoms. The van der Waals surface area contributed by atoms with E-state index in [-0.39, 0.29) is 12.0 Å². The number of aliphatic carboxylic acids is 1. The third kappa shape index (κ3) is 3.49. The average Bonchev–Trinajstić information content (AvgIpc) is 2.28. The van der Waals surface area contributed by atoms with E-state index in [1.807, 2.05) is 0 Å². The van der Waals surface area contributed by atoms with Gasteiger partial charge in [0.05, 0.1) is 11.8 Å². The molecule has 92 valence electrons. The summed E-state index contributed by atoms with van der Waals surface area (Å²) in [6.07, 6.45) is 1.93. The smallest absolute Gasteiger partial charge is 0.326 e. The van der Waals surface area contributed by atoms with Crippen molar-refractivity contribution in [2.45, 2.75) is 12.5 Å². The first-order valence-electron chi connectivity index (χ1n) is 4.80. The van der Waals surface area contributed by atoms with Crippen LogP contribution in [0.1, 0.15) is 16.8 Å². The zero-order valence-corrected chi connectivity index (χ0v) is 8.76. The number of nitrogens with zero attached hydrogens (tertiary/aromatic N) is 1. The molecule has 0 saturated heterocycles. The summed E-state index contributed by atoms with van der Waals surface area (Å²) in [6, 6.07) is -0.109. The molecule has 0 unspecified atom stereocenters. The predicted molar refractivity (Wildman–Crippen MR) is 54.8 cm³/mol. The van der Waals surface area contributed by atoms with Crippen LogP contribution in [0, 0.1) is 5.82 Å². The molecule has 1 amide bonds. The highest BCUT2D eigenvalue weighted by molar-refractivity contribution is 5.96. The third-order valence-electron chi connectivity index (χ3n) is 2.04. The van der Waals surface area contributed by atoms with Crippen molar-refractivity contribution in [3.63, 3.8) is 0 Å². The molecule has 1 aromatic rings. The van der Waals surface area contributed by atoms with Gasteiger partial charge in [-0.05, 0) is 6.07 Å². The Bertz CT molecular complexity index is 425. The minimum atomic E-state index is -1.29. The normalized spacial score (nSPS) is 11.9. The van der Waals surface area contributed by atoms with E-state index in [0.29, 0.717) is 0 Å². The summed E-state index contributed by atoms with van der Waals surface area (Å²) in [5, 5.41) is 19.5. The van der Waals surface area contributed by atoms with Crippen LogP contribution in [0.5, 0.6) is 0 Å². The number of amides is 1. The van der Waals surface area contributed by atoms with E-state index in [2.05, 4.69) is 10.3 Å². The SMILES string of the molecule is O=C(N[C@H](CCO)C(=O)O)c1ccncc1F. The molecule has 0 aliphatic rings. The molecule has 1 atom stereocenters. The zero-order chi connectivity index (χ0) is 12.8. The van der Waals surface area contributed by atoms with Crippen LogP contribution in [-0.2, 0) is 4.79 Å². The lowest BCUT2D eigenvalue weighted by Gasteiger charge is -2.13. The summed E-state index contributed by atoms with van der Waals surface area (Å²) in [4.78, 5) is 25.7. The number of halogens is 1. The molecular weight excluding hydrogens is 231 g/mol. The van der Waals surface area contributed by atoms with E-state index in [1.165, 1.54) is 6.20 Å². The van der Waals surface area contributed by atoms with Gasteiger partial charge in [-0.2, -0.15) is 0 Å². The molecule has 1 heterocycles. The number of aliphatic hydroxyl groups is 1. The fraction of sp³-hybridized carbons (Fsp3) is 0.300. The number of hydrogen-bond acceptors (Lipinski definition) is 4. The minimum Gasteiger partial charge on any atom is -0.480 e. The largest absolute Gasteiger partial charge is 0.480 e. The maximum Gasteiger partial charge on any atom is 0.326 e. The lowest BCUT2D eigenvalue weighted by molar-refractivity contribution is -0.139. The number of carbonyl (C=O) groups excluding carboxylic acids is 1. The van der Waals surface area contributed by atoms with Crippen LogP contribution in [0.25, 0.3) is 0 Å². The maximum absolute atomic E-state index is 13.2. The second-order valence-electron chi connectivity index (χ2n) is 3.23. The number of pyridine rings is 1. The first-order chi connectivity index (χ1) is 8.06. The molecule has 0 saturated carbocycles. The molecular formula is C10H11FN2O4. The molecule has 17 heavy (non-hydrogen) atoms. The van der Waals surface area contributed by atoms with Crippen molar-refractivity contribution >= 4 is 11.9 Å². The van der Waals surface area contributed by atoms with Gasteiger partial charge in [0, 0.05) is 19.2 Å². The second kappa shape index (κ2) is 5.90. The van der Waals surface area contributed by atoms with Crippen molar-refractivity contribution in [2.24, 2.45) is 0 Å². The highest BCUT2D eigenvalue weighted by Crippen LogP contribution is 2.05. The molecule has 7 heteroatoms. The lowest BCUT2D eigenvalue weighted by Crippen LogP contribution is -2.41. The molecule has 0 aliphatic heterocycles. The number of aromatic nitrogens is 1. The number of carbonyl (C=O) groups is 2. The first-order valence-corrected chi connectivity index (χ1v) is 4.80. The van der Waals surface area contributed by atoms with Crippen LogP contribution in [0.4, 0.5) is 4.39 Å². The van der Waals surface area contributed by atoms with Gasteiger partial charge >= 0.3 is 5.97 Å².